The van der Waals surface area contributed by atoms with Crippen LogP contribution in [0.3, 0.4) is 0 Å². The topological polar surface area (TPSA) is 24.5 Å². The van der Waals surface area contributed by atoms with E-state index in [4.69, 9.17) is 4.74 Å². The maximum atomic E-state index is 12.9. The van der Waals surface area contributed by atoms with Crippen LogP contribution in [0.15, 0.2) is 30.4 Å². The number of methoxy groups -OCH3 is 1. The van der Waals surface area contributed by atoms with Crippen LogP contribution < -0.4 is 10.1 Å². The number of ether oxygens (including phenoxy) is 1. The van der Waals surface area contributed by atoms with E-state index in [1.165, 1.54) is 13.2 Å². The molecule has 23 heavy (non-hydrogen) atoms. The van der Waals surface area contributed by atoms with Crippen molar-refractivity contribution >= 4 is 0 Å². The molecule has 1 heterocycles. The first kappa shape index (κ1) is 17.8. The van der Waals surface area contributed by atoms with Crippen LogP contribution in [0.1, 0.15) is 30.5 Å². The molecule has 1 aromatic carbocycles. The number of alkyl halides is 3. The fraction of sp³-hybridized carbons (Fsp3) is 0.529. The Morgan fingerprint density at radius 2 is 2.00 bits per heavy atom. The molecule has 0 amide bonds. The first-order chi connectivity index (χ1) is 10.8. The van der Waals surface area contributed by atoms with E-state index < -0.39 is 11.7 Å². The second-order valence-corrected chi connectivity index (χ2v) is 5.92. The Kier molecular flexibility index (Phi) is 5.70. The zero-order chi connectivity index (χ0) is 17.0. The highest BCUT2D eigenvalue weighted by Gasteiger charge is 2.33. The third kappa shape index (κ3) is 4.48. The second-order valence-electron chi connectivity index (χ2n) is 5.92. The standard InChI is InChI=1S/C17H23F3N2O/c1-12(2)10-15(22-8-6-21-7-9-22)14-5-4-13(17(18,19)20)11-16(14)23-3/h4-5,11,15,21H,1,6-10H2,2-3H3/t15-/m1/s1. The summed E-state index contributed by atoms with van der Waals surface area (Å²) >= 11 is 0. The Morgan fingerprint density at radius 1 is 1.35 bits per heavy atom. The molecule has 1 aliphatic rings. The predicted molar refractivity (Wildman–Crippen MR) is 84.6 cm³/mol. The summed E-state index contributed by atoms with van der Waals surface area (Å²) in [6, 6.07) is 3.73. The van der Waals surface area contributed by atoms with E-state index in [9.17, 15) is 13.2 Å². The summed E-state index contributed by atoms with van der Waals surface area (Å²) < 4.78 is 44.0. The number of rotatable bonds is 5. The van der Waals surface area contributed by atoms with Crippen LogP contribution in [0.4, 0.5) is 13.2 Å². The molecule has 1 atom stereocenters. The van der Waals surface area contributed by atoms with E-state index in [0.717, 1.165) is 49.4 Å². The van der Waals surface area contributed by atoms with Gasteiger partial charge in [-0.1, -0.05) is 11.6 Å². The quantitative estimate of drug-likeness (QED) is 0.836. The molecule has 0 aromatic heterocycles. The van der Waals surface area contributed by atoms with Gasteiger partial charge in [-0.25, -0.2) is 0 Å². The lowest BCUT2D eigenvalue weighted by Crippen LogP contribution is -2.45. The molecule has 1 N–H and O–H groups in total. The molecule has 2 rings (SSSR count). The summed E-state index contributed by atoms with van der Waals surface area (Å²) in [6.07, 6.45) is -3.67. The molecule has 0 aliphatic carbocycles. The molecule has 0 radical (unpaired) electrons. The highest BCUT2D eigenvalue weighted by atomic mass is 19.4. The molecule has 0 unspecified atom stereocenters. The summed E-state index contributed by atoms with van der Waals surface area (Å²) in [5, 5.41) is 3.29. The van der Waals surface area contributed by atoms with Gasteiger partial charge in [-0.3, -0.25) is 4.90 Å². The van der Waals surface area contributed by atoms with Gasteiger partial charge in [-0.15, -0.1) is 6.58 Å². The van der Waals surface area contributed by atoms with Crippen LogP contribution in [0, 0.1) is 0 Å². The number of piperazine rings is 1. The van der Waals surface area contributed by atoms with Crippen LogP contribution in [-0.2, 0) is 6.18 Å². The summed E-state index contributed by atoms with van der Waals surface area (Å²) in [5.74, 6) is 0.282. The highest BCUT2D eigenvalue weighted by molar-refractivity contribution is 5.41. The number of nitrogens with one attached hydrogen (secondary N) is 1. The molecular formula is C17H23F3N2O. The van der Waals surface area contributed by atoms with Crippen molar-refractivity contribution in [2.24, 2.45) is 0 Å². The third-order valence-corrected chi connectivity index (χ3v) is 4.05. The number of benzene rings is 1. The summed E-state index contributed by atoms with van der Waals surface area (Å²) in [4.78, 5) is 2.27. The van der Waals surface area contributed by atoms with E-state index >= 15 is 0 Å². The van der Waals surface area contributed by atoms with Crippen LogP contribution in [0.25, 0.3) is 0 Å². The lowest BCUT2D eigenvalue weighted by atomic mass is 9.95. The molecule has 1 aromatic rings. The van der Waals surface area contributed by atoms with Gasteiger partial charge in [-0.05, 0) is 25.5 Å². The fourth-order valence-corrected chi connectivity index (χ4v) is 2.92. The Bertz CT molecular complexity index is 551. The molecular weight excluding hydrogens is 305 g/mol. The molecule has 128 valence electrons. The average Bonchev–Trinajstić information content (AvgIpc) is 2.52. The minimum atomic E-state index is -4.37. The third-order valence-electron chi connectivity index (χ3n) is 4.05. The van der Waals surface area contributed by atoms with Gasteiger partial charge in [0.25, 0.3) is 0 Å². The SMILES string of the molecule is C=C(C)C[C@H](c1ccc(C(F)(F)F)cc1OC)N1CCNCC1. The molecule has 6 heteroatoms. The zero-order valence-electron chi connectivity index (χ0n) is 13.5. The molecule has 0 saturated carbocycles. The van der Waals surface area contributed by atoms with Crippen molar-refractivity contribution in [3.8, 4) is 5.75 Å². The Balaban J connectivity index is 2.38. The number of nitrogens with zero attached hydrogens (tertiary/aromatic N) is 1. The Morgan fingerprint density at radius 3 is 2.52 bits per heavy atom. The molecule has 0 spiro atoms. The van der Waals surface area contributed by atoms with Crippen molar-refractivity contribution in [2.75, 3.05) is 33.3 Å². The van der Waals surface area contributed by atoms with E-state index in [1.807, 2.05) is 6.92 Å². The summed E-state index contributed by atoms with van der Waals surface area (Å²) in [6.45, 7) is 9.34. The Hall–Kier alpha value is -1.53. The van der Waals surface area contributed by atoms with E-state index in [-0.39, 0.29) is 11.8 Å². The monoisotopic (exact) mass is 328 g/mol. The van der Waals surface area contributed by atoms with Gasteiger partial charge >= 0.3 is 6.18 Å². The highest BCUT2D eigenvalue weighted by Crippen LogP contribution is 2.38. The first-order valence-corrected chi connectivity index (χ1v) is 7.67. The molecule has 1 fully saturated rings. The predicted octanol–water partition coefficient (Wildman–Crippen LogP) is 3.63. The van der Waals surface area contributed by atoms with Gasteiger partial charge < -0.3 is 10.1 Å². The van der Waals surface area contributed by atoms with Gasteiger partial charge in [-0.2, -0.15) is 13.2 Å². The largest absolute Gasteiger partial charge is 0.496 e. The van der Waals surface area contributed by atoms with Crippen molar-refractivity contribution in [3.63, 3.8) is 0 Å². The van der Waals surface area contributed by atoms with Gasteiger partial charge in [0, 0.05) is 37.8 Å². The van der Waals surface area contributed by atoms with Gasteiger partial charge in [0.2, 0.25) is 0 Å². The fourth-order valence-electron chi connectivity index (χ4n) is 2.92. The van der Waals surface area contributed by atoms with Crippen molar-refractivity contribution in [2.45, 2.75) is 25.6 Å². The minimum absolute atomic E-state index is 0.0215. The van der Waals surface area contributed by atoms with Crippen LogP contribution in [-0.4, -0.2) is 38.2 Å². The first-order valence-electron chi connectivity index (χ1n) is 7.67. The molecule has 0 bridgehead atoms. The molecule has 1 aliphatic heterocycles. The van der Waals surface area contributed by atoms with Gasteiger partial charge in [0.05, 0.1) is 12.7 Å². The lowest BCUT2D eigenvalue weighted by Gasteiger charge is -2.36. The van der Waals surface area contributed by atoms with E-state index in [0.29, 0.717) is 6.42 Å². The molecule has 1 saturated heterocycles. The van der Waals surface area contributed by atoms with Crippen molar-refractivity contribution < 1.29 is 17.9 Å². The Labute approximate surface area is 135 Å². The minimum Gasteiger partial charge on any atom is -0.496 e. The summed E-state index contributed by atoms with van der Waals surface area (Å²) in [7, 11) is 1.41. The smallest absolute Gasteiger partial charge is 0.416 e. The van der Waals surface area contributed by atoms with Crippen molar-refractivity contribution in [3.05, 3.63) is 41.5 Å². The van der Waals surface area contributed by atoms with Crippen LogP contribution >= 0.6 is 0 Å². The number of halogens is 3. The van der Waals surface area contributed by atoms with Crippen LogP contribution in [0.5, 0.6) is 5.75 Å². The van der Waals surface area contributed by atoms with Gasteiger partial charge in [0.1, 0.15) is 5.75 Å². The second kappa shape index (κ2) is 7.36. The molecule has 3 nitrogen and oxygen atoms in total. The lowest BCUT2D eigenvalue weighted by molar-refractivity contribution is -0.137. The number of hydrogen-bond acceptors (Lipinski definition) is 3. The summed E-state index contributed by atoms with van der Waals surface area (Å²) in [5.41, 5.74) is 1.09. The van der Waals surface area contributed by atoms with E-state index in [1.54, 1.807) is 0 Å². The van der Waals surface area contributed by atoms with E-state index in [2.05, 4.69) is 16.8 Å². The van der Waals surface area contributed by atoms with Gasteiger partial charge in [0.15, 0.2) is 0 Å². The zero-order valence-corrected chi connectivity index (χ0v) is 13.5. The van der Waals surface area contributed by atoms with Crippen LogP contribution in [0.2, 0.25) is 0 Å². The van der Waals surface area contributed by atoms with Crippen molar-refractivity contribution in [1.82, 2.24) is 10.2 Å². The van der Waals surface area contributed by atoms with Crippen molar-refractivity contribution in [1.29, 1.82) is 0 Å². The maximum Gasteiger partial charge on any atom is 0.416 e. The maximum absolute atomic E-state index is 12.9. The normalized spacial score (nSPS) is 17.8. The average molecular weight is 328 g/mol. The number of hydrogen-bond donors (Lipinski definition) is 1.